The van der Waals surface area contributed by atoms with Gasteiger partial charge in [-0.3, -0.25) is 4.79 Å². The lowest BCUT2D eigenvalue weighted by Gasteiger charge is -2.03. The molecule has 9 heteroatoms. The number of furan rings is 1. The highest BCUT2D eigenvalue weighted by atomic mass is 32.2. The maximum atomic E-state index is 12.5. The first-order chi connectivity index (χ1) is 11.8. The zero-order valence-electron chi connectivity index (χ0n) is 12.7. The lowest BCUT2D eigenvalue weighted by molar-refractivity contribution is 0.583. The fourth-order valence-electron chi connectivity index (χ4n) is 2.38. The average molecular weight is 359 g/mol. The molecule has 4 rings (SSSR count). The van der Waals surface area contributed by atoms with Crippen LogP contribution in [0.4, 0.5) is 0 Å². The van der Waals surface area contributed by atoms with Crippen LogP contribution in [0.5, 0.6) is 0 Å². The molecule has 4 heterocycles. The number of nitrogens with one attached hydrogen (secondary N) is 1. The van der Waals surface area contributed by atoms with Gasteiger partial charge < -0.3 is 14.0 Å². The molecule has 0 atom stereocenters. The number of thioether (sulfide) groups is 1. The summed E-state index contributed by atoms with van der Waals surface area (Å²) in [4.78, 5) is 20.6. The summed E-state index contributed by atoms with van der Waals surface area (Å²) in [6, 6.07) is 3.64. The predicted octanol–water partition coefficient (Wildman–Crippen LogP) is 3.15. The van der Waals surface area contributed by atoms with Crippen LogP contribution >= 0.6 is 23.1 Å². The molecule has 4 aromatic rings. The average Bonchev–Trinajstić information content (AvgIpc) is 3.31. The normalized spacial score (nSPS) is 11.4. The highest BCUT2D eigenvalue weighted by Gasteiger charge is 2.15. The van der Waals surface area contributed by atoms with Crippen LogP contribution in [0.15, 0.2) is 44.5 Å². The number of aryl methyl sites for hydroxylation is 1. The van der Waals surface area contributed by atoms with Crippen LogP contribution in [0, 0.1) is 0 Å². The summed E-state index contributed by atoms with van der Waals surface area (Å²) in [6.45, 7) is 2.83. The molecule has 0 saturated carbocycles. The van der Waals surface area contributed by atoms with Crippen molar-refractivity contribution in [2.75, 3.05) is 0 Å². The van der Waals surface area contributed by atoms with E-state index in [1.807, 2.05) is 22.9 Å². The quantitative estimate of drug-likeness (QED) is 0.551. The molecule has 0 spiro atoms. The molecule has 0 aliphatic carbocycles. The molecule has 0 bridgehead atoms. The fourth-order valence-corrected chi connectivity index (χ4v) is 4.18. The smallest absolute Gasteiger partial charge is 0.260 e. The van der Waals surface area contributed by atoms with Crippen LogP contribution < -0.4 is 5.56 Å². The summed E-state index contributed by atoms with van der Waals surface area (Å²) in [6.07, 6.45) is 3.28. The summed E-state index contributed by atoms with van der Waals surface area (Å²) < 4.78 is 7.34. The Morgan fingerprint density at radius 2 is 2.38 bits per heavy atom. The molecule has 4 aromatic heterocycles. The zero-order valence-corrected chi connectivity index (χ0v) is 14.4. The van der Waals surface area contributed by atoms with E-state index in [1.165, 1.54) is 23.1 Å². The van der Waals surface area contributed by atoms with E-state index in [1.54, 1.807) is 18.7 Å². The van der Waals surface area contributed by atoms with Crippen molar-refractivity contribution in [3.63, 3.8) is 0 Å². The third-order valence-corrected chi connectivity index (χ3v) is 5.40. The molecule has 122 valence electrons. The van der Waals surface area contributed by atoms with Gasteiger partial charge in [0.1, 0.15) is 22.7 Å². The standard InChI is InChI=1S/C15H13N5O2S2/c1-2-20-8-16-19-15(20)24-7-11-17-13(21)12-9(6-23-14(12)18-11)10-4-3-5-22-10/h3-6,8H,2,7H2,1H3,(H,17,18,21). The number of fused-ring (bicyclic) bond motifs is 1. The largest absolute Gasteiger partial charge is 0.464 e. The Balaban J connectivity index is 1.65. The lowest BCUT2D eigenvalue weighted by atomic mass is 10.2. The van der Waals surface area contributed by atoms with E-state index in [0.29, 0.717) is 27.6 Å². The van der Waals surface area contributed by atoms with Crippen molar-refractivity contribution in [3.05, 3.63) is 46.3 Å². The number of rotatable bonds is 5. The number of aromatic nitrogens is 5. The Morgan fingerprint density at radius 1 is 1.46 bits per heavy atom. The van der Waals surface area contributed by atoms with Gasteiger partial charge in [-0.25, -0.2) is 4.98 Å². The predicted molar refractivity (Wildman–Crippen MR) is 93.2 cm³/mol. The molecule has 7 nitrogen and oxygen atoms in total. The van der Waals surface area contributed by atoms with Crippen LogP contribution in [0.1, 0.15) is 12.7 Å². The van der Waals surface area contributed by atoms with Crippen LogP contribution in [-0.2, 0) is 12.3 Å². The molecule has 0 aliphatic heterocycles. The molecule has 0 unspecified atom stereocenters. The maximum absolute atomic E-state index is 12.5. The van der Waals surface area contributed by atoms with Crippen molar-refractivity contribution in [2.45, 2.75) is 24.4 Å². The second-order valence-corrected chi connectivity index (χ2v) is 6.81. The topological polar surface area (TPSA) is 89.6 Å². The number of thiophene rings is 1. The number of H-pyrrole nitrogens is 1. The van der Waals surface area contributed by atoms with Crippen molar-refractivity contribution in [3.8, 4) is 11.3 Å². The molecule has 0 saturated heterocycles. The monoisotopic (exact) mass is 359 g/mol. The first kappa shape index (κ1) is 15.2. The molecule has 1 N–H and O–H groups in total. The van der Waals surface area contributed by atoms with Crippen LogP contribution in [0.3, 0.4) is 0 Å². The second-order valence-electron chi connectivity index (χ2n) is 5.01. The highest BCUT2D eigenvalue weighted by Crippen LogP contribution is 2.31. The van der Waals surface area contributed by atoms with Gasteiger partial charge in [0.15, 0.2) is 5.16 Å². The first-order valence-corrected chi connectivity index (χ1v) is 9.17. The molecule has 0 fully saturated rings. The van der Waals surface area contributed by atoms with Gasteiger partial charge in [0, 0.05) is 17.5 Å². The van der Waals surface area contributed by atoms with Crippen LogP contribution in [0.2, 0.25) is 0 Å². The van der Waals surface area contributed by atoms with Gasteiger partial charge in [-0.05, 0) is 19.1 Å². The third kappa shape index (κ3) is 2.65. The number of hydrogen-bond acceptors (Lipinski definition) is 7. The molecule has 0 aromatic carbocycles. The SMILES string of the molecule is CCn1cnnc1SCc1nc2scc(-c3ccco3)c2c(=O)[nH]1. The van der Waals surface area contributed by atoms with Gasteiger partial charge in [-0.2, -0.15) is 0 Å². The van der Waals surface area contributed by atoms with Crippen molar-refractivity contribution in [1.29, 1.82) is 0 Å². The van der Waals surface area contributed by atoms with Gasteiger partial charge in [0.05, 0.1) is 17.4 Å². The summed E-state index contributed by atoms with van der Waals surface area (Å²) in [7, 11) is 0. The van der Waals surface area contributed by atoms with Gasteiger partial charge in [0.25, 0.3) is 5.56 Å². The minimum absolute atomic E-state index is 0.153. The summed E-state index contributed by atoms with van der Waals surface area (Å²) in [5.74, 6) is 1.82. The fraction of sp³-hybridized carbons (Fsp3) is 0.200. The second kappa shape index (κ2) is 6.25. The summed E-state index contributed by atoms with van der Waals surface area (Å²) in [5, 5.41) is 11.2. The van der Waals surface area contributed by atoms with Crippen molar-refractivity contribution in [1.82, 2.24) is 24.7 Å². The maximum Gasteiger partial charge on any atom is 0.260 e. The van der Waals surface area contributed by atoms with Gasteiger partial charge in [-0.15, -0.1) is 21.5 Å². The Bertz CT molecular complexity index is 1030. The van der Waals surface area contributed by atoms with E-state index >= 15 is 0 Å². The molecule has 0 aliphatic rings. The Hall–Kier alpha value is -2.39. The molecule has 0 amide bonds. The molecule has 0 radical (unpaired) electrons. The van der Waals surface area contributed by atoms with E-state index in [0.717, 1.165) is 17.3 Å². The van der Waals surface area contributed by atoms with E-state index in [2.05, 4.69) is 20.2 Å². The number of hydrogen-bond donors (Lipinski definition) is 1. The van der Waals surface area contributed by atoms with Crippen LogP contribution in [0.25, 0.3) is 21.5 Å². The van der Waals surface area contributed by atoms with Gasteiger partial charge in [-0.1, -0.05) is 11.8 Å². The van der Waals surface area contributed by atoms with E-state index in [4.69, 9.17) is 4.42 Å². The Labute approximate surface area is 144 Å². The summed E-state index contributed by atoms with van der Waals surface area (Å²) in [5.41, 5.74) is 0.624. The Kier molecular flexibility index (Phi) is 3.95. The van der Waals surface area contributed by atoms with E-state index < -0.39 is 0 Å². The minimum atomic E-state index is -0.153. The van der Waals surface area contributed by atoms with Gasteiger partial charge >= 0.3 is 0 Å². The van der Waals surface area contributed by atoms with E-state index in [9.17, 15) is 4.79 Å². The molecular weight excluding hydrogens is 346 g/mol. The molecule has 24 heavy (non-hydrogen) atoms. The third-order valence-electron chi connectivity index (χ3n) is 3.54. The van der Waals surface area contributed by atoms with Crippen molar-refractivity contribution < 1.29 is 4.42 Å². The zero-order chi connectivity index (χ0) is 16.5. The highest BCUT2D eigenvalue weighted by molar-refractivity contribution is 7.98. The van der Waals surface area contributed by atoms with Gasteiger partial charge in [0.2, 0.25) is 0 Å². The number of nitrogens with zero attached hydrogens (tertiary/aromatic N) is 4. The van der Waals surface area contributed by atoms with Crippen molar-refractivity contribution in [2.24, 2.45) is 0 Å². The molecular formula is C15H13N5O2S2. The van der Waals surface area contributed by atoms with Crippen LogP contribution in [-0.4, -0.2) is 24.7 Å². The first-order valence-electron chi connectivity index (χ1n) is 7.31. The van der Waals surface area contributed by atoms with E-state index in [-0.39, 0.29) is 5.56 Å². The number of aromatic amines is 1. The van der Waals surface area contributed by atoms with Crippen molar-refractivity contribution >= 4 is 33.3 Å². The lowest BCUT2D eigenvalue weighted by Crippen LogP contribution is -2.10. The minimum Gasteiger partial charge on any atom is -0.464 e. The summed E-state index contributed by atoms with van der Waals surface area (Å²) >= 11 is 2.93. The Morgan fingerprint density at radius 3 is 3.17 bits per heavy atom.